The van der Waals surface area contributed by atoms with Gasteiger partial charge < -0.3 is 15.0 Å². The zero-order chi connectivity index (χ0) is 15.7. The molecule has 0 unspecified atom stereocenters. The lowest BCUT2D eigenvalue weighted by Gasteiger charge is -2.20. The highest BCUT2D eigenvalue weighted by molar-refractivity contribution is 5.83. The highest BCUT2D eigenvalue weighted by Gasteiger charge is 2.13. The summed E-state index contributed by atoms with van der Waals surface area (Å²) in [4.78, 5) is 24.7. The van der Waals surface area contributed by atoms with Crippen molar-refractivity contribution in [3.63, 3.8) is 0 Å². The number of carbonyl (C=O) groups is 2. The summed E-state index contributed by atoms with van der Waals surface area (Å²) in [7, 11) is 1.55. The Labute approximate surface area is 124 Å². The van der Waals surface area contributed by atoms with E-state index in [-0.39, 0.29) is 24.2 Å². The van der Waals surface area contributed by atoms with Crippen LogP contribution >= 0.6 is 0 Å². The number of nitrogens with zero attached hydrogens (tertiary/aromatic N) is 1. The fraction of sp³-hybridized carbons (Fsp3) is 0.467. The molecule has 0 fully saturated rings. The van der Waals surface area contributed by atoms with Crippen molar-refractivity contribution in [2.45, 2.75) is 13.3 Å². The fourth-order valence-electron chi connectivity index (χ4n) is 1.78. The predicted octanol–water partition coefficient (Wildman–Crippen LogP) is 0.979. The standard InChI is InChI=1S/C15H21FN2O3/c1-12(19)18(11-15(20)17-8-10-21-2)9-7-13-3-5-14(16)6-4-13/h3-6H,7-11H2,1-2H3,(H,17,20). The van der Waals surface area contributed by atoms with E-state index in [1.807, 2.05) is 0 Å². The van der Waals surface area contributed by atoms with Crippen LogP contribution in [0.25, 0.3) is 0 Å². The summed E-state index contributed by atoms with van der Waals surface area (Å²) in [6, 6.07) is 6.11. The molecule has 0 aliphatic rings. The Kier molecular flexibility index (Phi) is 7.39. The van der Waals surface area contributed by atoms with E-state index in [9.17, 15) is 14.0 Å². The molecule has 0 bridgehead atoms. The Morgan fingerprint density at radius 1 is 1.29 bits per heavy atom. The summed E-state index contributed by atoms with van der Waals surface area (Å²) in [5.74, 6) is -0.681. The second-order valence-corrected chi connectivity index (χ2v) is 4.66. The number of amides is 2. The third-order valence-electron chi connectivity index (χ3n) is 2.99. The molecular weight excluding hydrogens is 275 g/mol. The molecule has 1 rings (SSSR count). The highest BCUT2D eigenvalue weighted by Crippen LogP contribution is 2.04. The van der Waals surface area contributed by atoms with Crippen molar-refractivity contribution < 1.29 is 18.7 Å². The summed E-state index contributed by atoms with van der Waals surface area (Å²) in [6.07, 6.45) is 0.575. The number of rotatable bonds is 8. The van der Waals surface area contributed by atoms with Crippen molar-refractivity contribution in [1.82, 2.24) is 10.2 Å². The van der Waals surface area contributed by atoms with Gasteiger partial charge in [0.25, 0.3) is 0 Å². The zero-order valence-corrected chi connectivity index (χ0v) is 12.4. The molecule has 0 aliphatic carbocycles. The van der Waals surface area contributed by atoms with Gasteiger partial charge in [0, 0.05) is 27.1 Å². The summed E-state index contributed by atoms with van der Waals surface area (Å²) < 4.78 is 17.6. The Balaban J connectivity index is 2.44. The Bertz CT molecular complexity index is 462. The lowest BCUT2D eigenvalue weighted by molar-refractivity contribution is -0.134. The first-order chi connectivity index (χ1) is 10.0. The minimum absolute atomic E-state index is 0.0141. The van der Waals surface area contributed by atoms with Crippen LogP contribution in [-0.4, -0.2) is 50.1 Å². The second kappa shape index (κ2) is 9.07. The molecule has 1 aromatic carbocycles. The molecule has 21 heavy (non-hydrogen) atoms. The Hall–Kier alpha value is -1.95. The van der Waals surface area contributed by atoms with E-state index in [1.54, 1.807) is 19.2 Å². The fourth-order valence-corrected chi connectivity index (χ4v) is 1.78. The number of nitrogens with one attached hydrogen (secondary N) is 1. The van der Waals surface area contributed by atoms with E-state index < -0.39 is 0 Å². The quantitative estimate of drug-likeness (QED) is 0.728. The molecule has 1 N–H and O–H groups in total. The molecule has 2 amide bonds. The van der Waals surface area contributed by atoms with E-state index in [0.29, 0.717) is 26.1 Å². The minimum atomic E-state index is -0.292. The minimum Gasteiger partial charge on any atom is -0.383 e. The third kappa shape index (κ3) is 6.85. The maximum Gasteiger partial charge on any atom is 0.239 e. The van der Waals surface area contributed by atoms with Crippen LogP contribution < -0.4 is 5.32 Å². The van der Waals surface area contributed by atoms with Crippen molar-refractivity contribution in [3.8, 4) is 0 Å². The van der Waals surface area contributed by atoms with E-state index in [4.69, 9.17) is 4.74 Å². The van der Waals surface area contributed by atoms with Crippen molar-refractivity contribution in [2.75, 3.05) is 33.4 Å². The summed E-state index contributed by atoms with van der Waals surface area (Å²) in [5.41, 5.74) is 0.919. The highest BCUT2D eigenvalue weighted by atomic mass is 19.1. The Morgan fingerprint density at radius 3 is 2.52 bits per heavy atom. The van der Waals surface area contributed by atoms with Gasteiger partial charge >= 0.3 is 0 Å². The molecular formula is C15H21FN2O3. The van der Waals surface area contributed by atoms with Crippen LogP contribution in [0.4, 0.5) is 4.39 Å². The molecule has 0 spiro atoms. The van der Waals surface area contributed by atoms with E-state index in [0.717, 1.165) is 5.56 Å². The summed E-state index contributed by atoms with van der Waals surface area (Å²) >= 11 is 0. The lowest BCUT2D eigenvalue weighted by Crippen LogP contribution is -2.41. The van der Waals surface area contributed by atoms with Crippen LogP contribution in [0.2, 0.25) is 0 Å². The topological polar surface area (TPSA) is 58.6 Å². The molecule has 0 saturated carbocycles. The summed E-state index contributed by atoms with van der Waals surface area (Å²) in [5, 5.41) is 2.67. The third-order valence-corrected chi connectivity index (χ3v) is 2.99. The van der Waals surface area contributed by atoms with Crippen LogP contribution in [0.3, 0.4) is 0 Å². The summed E-state index contributed by atoms with van der Waals surface area (Å²) in [6.45, 7) is 2.70. The van der Waals surface area contributed by atoms with Gasteiger partial charge in [-0.3, -0.25) is 9.59 Å². The molecule has 116 valence electrons. The van der Waals surface area contributed by atoms with Crippen LogP contribution in [0.5, 0.6) is 0 Å². The van der Waals surface area contributed by atoms with Crippen LogP contribution in [0, 0.1) is 5.82 Å². The van der Waals surface area contributed by atoms with Gasteiger partial charge in [-0.05, 0) is 24.1 Å². The van der Waals surface area contributed by atoms with Crippen molar-refractivity contribution in [2.24, 2.45) is 0 Å². The van der Waals surface area contributed by atoms with Crippen LogP contribution in [0.1, 0.15) is 12.5 Å². The van der Waals surface area contributed by atoms with Gasteiger partial charge in [0.2, 0.25) is 11.8 Å². The number of hydrogen-bond acceptors (Lipinski definition) is 3. The van der Waals surface area contributed by atoms with Crippen molar-refractivity contribution in [3.05, 3.63) is 35.6 Å². The number of hydrogen-bond donors (Lipinski definition) is 1. The predicted molar refractivity (Wildman–Crippen MR) is 77.2 cm³/mol. The first kappa shape index (κ1) is 17.1. The number of carbonyl (C=O) groups excluding carboxylic acids is 2. The maximum absolute atomic E-state index is 12.8. The molecule has 0 aliphatic heterocycles. The molecule has 0 saturated heterocycles. The number of halogens is 1. The SMILES string of the molecule is COCCNC(=O)CN(CCc1ccc(F)cc1)C(C)=O. The molecule has 0 radical (unpaired) electrons. The van der Waals surface area contributed by atoms with Gasteiger partial charge in [-0.2, -0.15) is 0 Å². The van der Waals surface area contributed by atoms with E-state index >= 15 is 0 Å². The average Bonchev–Trinajstić information content (AvgIpc) is 2.45. The number of benzene rings is 1. The lowest BCUT2D eigenvalue weighted by atomic mass is 10.1. The van der Waals surface area contributed by atoms with Gasteiger partial charge in [0.05, 0.1) is 13.2 Å². The monoisotopic (exact) mass is 296 g/mol. The number of ether oxygens (including phenoxy) is 1. The first-order valence-corrected chi connectivity index (χ1v) is 6.78. The van der Waals surface area contributed by atoms with Gasteiger partial charge in [0.1, 0.15) is 5.82 Å². The van der Waals surface area contributed by atoms with E-state index in [2.05, 4.69) is 5.32 Å². The van der Waals surface area contributed by atoms with Gasteiger partial charge in [-0.25, -0.2) is 4.39 Å². The second-order valence-electron chi connectivity index (χ2n) is 4.66. The smallest absolute Gasteiger partial charge is 0.239 e. The maximum atomic E-state index is 12.8. The number of methoxy groups -OCH3 is 1. The van der Waals surface area contributed by atoms with Crippen molar-refractivity contribution in [1.29, 1.82) is 0 Å². The molecule has 1 aromatic rings. The van der Waals surface area contributed by atoms with Gasteiger partial charge in [0.15, 0.2) is 0 Å². The molecule has 6 heteroatoms. The zero-order valence-electron chi connectivity index (χ0n) is 12.4. The Morgan fingerprint density at radius 2 is 1.95 bits per heavy atom. The van der Waals surface area contributed by atoms with Gasteiger partial charge in [-0.15, -0.1) is 0 Å². The van der Waals surface area contributed by atoms with Gasteiger partial charge in [-0.1, -0.05) is 12.1 Å². The molecule has 5 nitrogen and oxygen atoms in total. The largest absolute Gasteiger partial charge is 0.383 e. The molecule has 0 aromatic heterocycles. The van der Waals surface area contributed by atoms with Crippen LogP contribution in [0.15, 0.2) is 24.3 Å². The normalized spacial score (nSPS) is 10.2. The first-order valence-electron chi connectivity index (χ1n) is 6.78. The average molecular weight is 296 g/mol. The van der Waals surface area contributed by atoms with Crippen molar-refractivity contribution >= 4 is 11.8 Å². The molecule has 0 atom stereocenters. The van der Waals surface area contributed by atoms with E-state index in [1.165, 1.54) is 24.0 Å². The molecule has 0 heterocycles. The van der Waals surface area contributed by atoms with Crippen LogP contribution in [-0.2, 0) is 20.7 Å².